The number of para-hydroxylation sites is 2. The smallest absolute Gasteiger partial charge is 0.164 e. The first-order valence-corrected chi connectivity index (χ1v) is 24.6. The Bertz CT molecular complexity index is 4450. The number of aromatic nitrogens is 5. The predicted octanol–water partition coefficient (Wildman–Crippen LogP) is 16.9. The maximum absolute atomic E-state index is 6.45. The van der Waals surface area contributed by atoms with Gasteiger partial charge in [-0.25, -0.2) is 15.0 Å². The molecule has 15 rings (SSSR count). The summed E-state index contributed by atoms with van der Waals surface area (Å²) in [6.45, 7) is 4.72. The summed E-state index contributed by atoms with van der Waals surface area (Å²) in [5.74, 6) is 1.92. The average molecular weight is 922 g/mol. The van der Waals surface area contributed by atoms with Gasteiger partial charge in [0.25, 0.3) is 0 Å². The van der Waals surface area contributed by atoms with E-state index in [0.29, 0.717) is 17.5 Å². The minimum absolute atomic E-state index is 0.162. The highest BCUT2D eigenvalue weighted by Crippen LogP contribution is 2.51. The summed E-state index contributed by atoms with van der Waals surface area (Å²) in [4.78, 5) is 15.0. The van der Waals surface area contributed by atoms with E-state index in [1.165, 1.54) is 49.3 Å². The molecule has 0 N–H and O–H groups in total. The maximum Gasteiger partial charge on any atom is 0.164 e. The zero-order valence-corrected chi connectivity index (χ0v) is 39.5. The fraction of sp³-hybridized carbons (Fsp3) is 0.0455. The molecule has 0 fully saturated rings. The molecule has 0 radical (unpaired) electrons. The predicted molar refractivity (Wildman–Crippen MR) is 295 cm³/mol. The van der Waals surface area contributed by atoms with Crippen molar-refractivity contribution in [2.24, 2.45) is 0 Å². The molecule has 0 unspecified atom stereocenters. The van der Waals surface area contributed by atoms with Crippen molar-refractivity contribution >= 4 is 65.6 Å². The van der Waals surface area contributed by atoms with Crippen LogP contribution >= 0.6 is 0 Å². The Morgan fingerprint density at radius 2 is 0.806 bits per heavy atom. The minimum atomic E-state index is -0.162. The molecule has 0 amide bonds. The van der Waals surface area contributed by atoms with Crippen molar-refractivity contribution < 1.29 is 4.42 Å². The number of hydrogen-bond acceptors (Lipinski definition) is 4. The quantitative estimate of drug-likeness (QED) is 0.167. The van der Waals surface area contributed by atoms with Gasteiger partial charge in [0.2, 0.25) is 0 Å². The Balaban J connectivity index is 0.917. The number of rotatable bonds is 6. The number of nitrogens with zero attached hydrogens (tertiary/aromatic N) is 5. The second-order valence-corrected chi connectivity index (χ2v) is 19.6. The summed E-state index contributed by atoms with van der Waals surface area (Å²) < 4.78 is 11.3. The molecule has 0 bridgehead atoms. The van der Waals surface area contributed by atoms with E-state index < -0.39 is 0 Å². The molecular weight excluding hydrogens is 879 g/mol. The van der Waals surface area contributed by atoms with Crippen LogP contribution in [-0.4, -0.2) is 24.1 Å². The van der Waals surface area contributed by atoms with Crippen molar-refractivity contribution in [2.45, 2.75) is 19.3 Å². The number of hydrogen-bond donors (Lipinski definition) is 0. The lowest BCUT2D eigenvalue weighted by Gasteiger charge is -2.21. The van der Waals surface area contributed by atoms with Gasteiger partial charge in [0.05, 0.1) is 22.1 Å². The van der Waals surface area contributed by atoms with E-state index in [-0.39, 0.29) is 5.41 Å². The van der Waals surface area contributed by atoms with E-state index >= 15 is 0 Å². The van der Waals surface area contributed by atoms with Crippen LogP contribution in [0.1, 0.15) is 25.0 Å². The molecular formula is C66H43N5O. The van der Waals surface area contributed by atoms with E-state index in [4.69, 9.17) is 19.4 Å². The number of benzene rings is 10. The van der Waals surface area contributed by atoms with Crippen LogP contribution < -0.4 is 0 Å². The van der Waals surface area contributed by atoms with Gasteiger partial charge in [-0.2, -0.15) is 0 Å². The number of fused-ring (bicyclic) bond motifs is 12. The first-order chi connectivity index (χ1) is 35.4. The third-order valence-electron chi connectivity index (χ3n) is 15.2. The molecule has 0 saturated heterocycles. The van der Waals surface area contributed by atoms with Crippen LogP contribution in [0.3, 0.4) is 0 Å². The third-order valence-corrected chi connectivity index (χ3v) is 15.2. The highest BCUT2D eigenvalue weighted by Gasteiger charge is 2.36. The largest absolute Gasteiger partial charge is 0.456 e. The highest BCUT2D eigenvalue weighted by atomic mass is 16.3. The Kier molecular flexibility index (Phi) is 8.61. The van der Waals surface area contributed by atoms with Crippen molar-refractivity contribution in [3.8, 4) is 67.8 Å². The van der Waals surface area contributed by atoms with Gasteiger partial charge >= 0.3 is 0 Å². The van der Waals surface area contributed by atoms with E-state index in [1.54, 1.807) is 0 Å². The van der Waals surface area contributed by atoms with Crippen LogP contribution in [0.25, 0.3) is 133 Å². The van der Waals surface area contributed by atoms with Gasteiger partial charge in [-0.05, 0) is 118 Å². The molecule has 6 heteroatoms. The van der Waals surface area contributed by atoms with E-state index in [9.17, 15) is 0 Å². The van der Waals surface area contributed by atoms with Gasteiger partial charge in [-0.3, -0.25) is 0 Å². The van der Waals surface area contributed by atoms with Crippen molar-refractivity contribution in [1.29, 1.82) is 0 Å². The molecule has 10 aromatic carbocycles. The molecule has 4 aromatic heterocycles. The first kappa shape index (κ1) is 40.5. The van der Waals surface area contributed by atoms with Crippen LogP contribution in [0.15, 0.2) is 229 Å². The lowest BCUT2D eigenvalue weighted by atomic mass is 9.82. The van der Waals surface area contributed by atoms with Crippen LogP contribution in [0.5, 0.6) is 0 Å². The summed E-state index contributed by atoms with van der Waals surface area (Å²) in [5.41, 5.74) is 18.8. The normalized spacial score (nSPS) is 13.0. The van der Waals surface area contributed by atoms with Gasteiger partial charge in [-0.1, -0.05) is 147 Å². The van der Waals surface area contributed by atoms with Gasteiger partial charge in [-0.15, -0.1) is 0 Å². The summed E-state index contributed by atoms with van der Waals surface area (Å²) in [7, 11) is 0. The van der Waals surface area contributed by atoms with Gasteiger partial charge in [0.1, 0.15) is 11.2 Å². The summed E-state index contributed by atoms with van der Waals surface area (Å²) in [5, 5.41) is 7.06. The molecule has 0 atom stereocenters. The zero-order valence-electron chi connectivity index (χ0n) is 39.5. The molecule has 1 aliphatic rings. The Labute approximate surface area is 414 Å². The van der Waals surface area contributed by atoms with Crippen molar-refractivity contribution in [2.75, 3.05) is 0 Å². The van der Waals surface area contributed by atoms with Crippen molar-refractivity contribution in [3.05, 3.63) is 236 Å². The Hall–Kier alpha value is -9.39. The van der Waals surface area contributed by atoms with Gasteiger partial charge < -0.3 is 13.6 Å². The lowest BCUT2D eigenvalue weighted by Crippen LogP contribution is -2.14. The second kappa shape index (κ2) is 15.3. The molecule has 338 valence electrons. The van der Waals surface area contributed by atoms with Gasteiger partial charge in [0.15, 0.2) is 17.5 Å². The molecule has 72 heavy (non-hydrogen) atoms. The van der Waals surface area contributed by atoms with E-state index in [0.717, 1.165) is 77.7 Å². The topological polar surface area (TPSA) is 61.7 Å². The van der Waals surface area contributed by atoms with Crippen LogP contribution in [-0.2, 0) is 5.41 Å². The summed E-state index contributed by atoms with van der Waals surface area (Å²) >= 11 is 0. The Morgan fingerprint density at radius 3 is 1.44 bits per heavy atom. The SMILES string of the molecule is CC1(C)c2ccccc2-c2cc3c4cc(-c5ccc6c(c5)c5cc7c(cc5n6-c5ccccc5)oc5ccccc57)ccc4n(-c4ccc(-c5nc(-c6ccccc6)nc(-c6ccccc6)n5)cc4)c3cc21. The fourth-order valence-corrected chi connectivity index (χ4v) is 11.6. The number of furan rings is 1. The van der Waals surface area contributed by atoms with Crippen LogP contribution in [0, 0.1) is 0 Å². The standard InChI is InChI=1S/C66H43N5O/c1-66(2)55-24-14-12-22-47(55)49-36-52-50-34-43(44-28-32-57-51(35-44)53-37-54-48-23-13-15-25-61(48)72-62(54)39-60(53)70(57)45-20-10-5-11-21-45)29-33-58(50)71(59(52)38-56(49)66)46-30-26-42(27-31-46)65-68-63(40-16-6-3-7-17-40)67-64(69-65)41-18-8-4-9-19-41/h3-39H,1-2H3. The highest BCUT2D eigenvalue weighted by molar-refractivity contribution is 6.18. The molecule has 4 heterocycles. The molecule has 14 aromatic rings. The van der Waals surface area contributed by atoms with E-state index in [1.807, 2.05) is 66.7 Å². The Morgan fingerprint density at radius 1 is 0.319 bits per heavy atom. The van der Waals surface area contributed by atoms with E-state index in [2.05, 4.69) is 181 Å². The molecule has 0 aliphatic heterocycles. The van der Waals surface area contributed by atoms with Crippen LogP contribution in [0.4, 0.5) is 0 Å². The van der Waals surface area contributed by atoms with Crippen molar-refractivity contribution in [3.63, 3.8) is 0 Å². The molecule has 1 aliphatic carbocycles. The summed E-state index contributed by atoms with van der Waals surface area (Å²) in [6.07, 6.45) is 0. The van der Waals surface area contributed by atoms with Crippen LogP contribution in [0.2, 0.25) is 0 Å². The molecule has 6 nitrogen and oxygen atoms in total. The first-order valence-electron chi connectivity index (χ1n) is 24.6. The molecule has 0 saturated carbocycles. The summed E-state index contributed by atoms with van der Waals surface area (Å²) in [6, 6.07) is 80.3. The lowest BCUT2D eigenvalue weighted by molar-refractivity contribution is 0.661. The maximum atomic E-state index is 6.45. The zero-order chi connectivity index (χ0) is 47.7. The van der Waals surface area contributed by atoms with Gasteiger partial charge in [0, 0.05) is 71.9 Å². The molecule has 0 spiro atoms. The third kappa shape index (κ3) is 6.05. The van der Waals surface area contributed by atoms with Crippen molar-refractivity contribution in [1.82, 2.24) is 24.1 Å². The average Bonchev–Trinajstić information content (AvgIpc) is 4.14. The second-order valence-electron chi connectivity index (χ2n) is 19.6. The minimum Gasteiger partial charge on any atom is -0.456 e. The monoisotopic (exact) mass is 921 g/mol. The fourth-order valence-electron chi connectivity index (χ4n) is 11.6.